The van der Waals surface area contributed by atoms with Gasteiger partial charge >= 0.3 is 5.97 Å². The Morgan fingerprint density at radius 1 is 1.25 bits per heavy atom. The molecule has 0 bridgehead atoms. The van der Waals surface area contributed by atoms with Gasteiger partial charge in [0.2, 0.25) is 0 Å². The molecule has 3 N–H and O–H groups in total. The van der Waals surface area contributed by atoms with E-state index >= 15 is 0 Å². The van der Waals surface area contributed by atoms with E-state index < -0.39 is 11.9 Å². The summed E-state index contributed by atoms with van der Waals surface area (Å²) in [7, 11) is 0. The van der Waals surface area contributed by atoms with Crippen LogP contribution in [-0.4, -0.2) is 33.4 Å². The minimum Gasteiger partial charge on any atom is -0.492 e. The summed E-state index contributed by atoms with van der Waals surface area (Å²) in [6, 6.07) is 6.11. The summed E-state index contributed by atoms with van der Waals surface area (Å²) in [5.74, 6) is -0.939. The Morgan fingerprint density at radius 3 is 2.50 bits per heavy atom. The van der Waals surface area contributed by atoms with Crippen molar-refractivity contribution in [3.05, 3.63) is 47.8 Å². The van der Waals surface area contributed by atoms with Crippen molar-refractivity contribution in [2.45, 2.75) is 6.54 Å². The Bertz CT molecular complexity index is 619. The SMILES string of the molecule is NC(=O)c1cnn(CCOc2ccc(C(=O)O)cc2)c1. The van der Waals surface area contributed by atoms with Crippen LogP contribution < -0.4 is 10.5 Å². The average Bonchev–Trinajstić information content (AvgIpc) is 2.88. The lowest BCUT2D eigenvalue weighted by Gasteiger charge is -2.06. The second kappa shape index (κ2) is 5.87. The number of hydrogen-bond donors (Lipinski definition) is 2. The second-order valence-electron chi connectivity index (χ2n) is 4.03. The van der Waals surface area contributed by atoms with Gasteiger partial charge in [0, 0.05) is 6.20 Å². The van der Waals surface area contributed by atoms with E-state index in [2.05, 4.69) is 5.10 Å². The lowest BCUT2D eigenvalue weighted by Crippen LogP contribution is -2.11. The first-order chi connectivity index (χ1) is 9.56. The first-order valence-corrected chi connectivity index (χ1v) is 5.84. The molecular formula is C13H13N3O4. The van der Waals surface area contributed by atoms with Gasteiger partial charge in [0.05, 0.1) is 23.9 Å². The molecule has 1 aromatic carbocycles. The van der Waals surface area contributed by atoms with E-state index in [9.17, 15) is 9.59 Å². The highest BCUT2D eigenvalue weighted by molar-refractivity contribution is 5.92. The van der Waals surface area contributed by atoms with Crippen LogP contribution in [0.3, 0.4) is 0 Å². The molecule has 1 amide bonds. The fourth-order valence-corrected chi connectivity index (χ4v) is 1.56. The summed E-state index contributed by atoms with van der Waals surface area (Å²) in [5, 5.41) is 12.7. The summed E-state index contributed by atoms with van der Waals surface area (Å²) in [5.41, 5.74) is 5.66. The first kappa shape index (κ1) is 13.6. The summed E-state index contributed by atoms with van der Waals surface area (Å²) in [6.07, 6.45) is 2.93. The molecule has 0 spiro atoms. The van der Waals surface area contributed by atoms with Crippen molar-refractivity contribution in [3.63, 3.8) is 0 Å². The Hall–Kier alpha value is -2.83. The first-order valence-electron chi connectivity index (χ1n) is 5.84. The molecule has 0 aliphatic carbocycles. The third-order valence-electron chi connectivity index (χ3n) is 2.61. The van der Waals surface area contributed by atoms with E-state index in [1.807, 2.05) is 0 Å². The van der Waals surface area contributed by atoms with Gasteiger partial charge in [-0.2, -0.15) is 5.10 Å². The molecule has 7 nitrogen and oxygen atoms in total. The van der Waals surface area contributed by atoms with Crippen molar-refractivity contribution in [1.82, 2.24) is 9.78 Å². The number of carbonyl (C=O) groups is 2. The maximum atomic E-state index is 10.9. The summed E-state index contributed by atoms with van der Waals surface area (Å²) >= 11 is 0. The summed E-state index contributed by atoms with van der Waals surface area (Å²) in [6.45, 7) is 0.792. The van der Waals surface area contributed by atoms with E-state index in [1.54, 1.807) is 23.0 Å². The van der Waals surface area contributed by atoms with E-state index in [-0.39, 0.29) is 5.56 Å². The molecule has 0 saturated heterocycles. The standard InChI is InChI=1S/C13H13N3O4/c14-12(17)10-7-15-16(8-10)5-6-20-11-3-1-9(2-4-11)13(18)19/h1-4,7-8H,5-6H2,(H2,14,17)(H,18,19). The van der Waals surface area contributed by atoms with Crippen LogP contribution >= 0.6 is 0 Å². The van der Waals surface area contributed by atoms with Gasteiger partial charge in [0.25, 0.3) is 5.91 Å². The number of primary amides is 1. The van der Waals surface area contributed by atoms with Crippen LogP contribution in [0.15, 0.2) is 36.7 Å². The largest absolute Gasteiger partial charge is 0.492 e. The number of nitrogens with two attached hydrogens (primary N) is 1. The van der Waals surface area contributed by atoms with Gasteiger partial charge in [-0.05, 0) is 24.3 Å². The lowest BCUT2D eigenvalue weighted by atomic mass is 10.2. The van der Waals surface area contributed by atoms with Gasteiger partial charge in [0.1, 0.15) is 12.4 Å². The minimum atomic E-state index is -0.980. The molecular weight excluding hydrogens is 262 g/mol. The quantitative estimate of drug-likeness (QED) is 0.809. The number of ether oxygens (including phenoxy) is 1. The molecule has 104 valence electrons. The number of nitrogens with zero attached hydrogens (tertiary/aromatic N) is 2. The van der Waals surface area contributed by atoms with Crippen molar-refractivity contribution in [1.29, 1.82) is 0 Å². The van der Waals surface area contributed by atoms with Crippen molar-refractivity contribution >= 4 is 11.9 Å². The van der Waals surface area contributed by atoms with Gasteiger partial charge in [-0.1, -0.05) is 0 Å². The van der Waals surface area contributed by atoms with Crippen LogP contribution in [0.1, 0.15) is 20.7 Å². The number of benzene rings is 1. The summed E-state index contributed by atoms with van der Waals surface area (Å²) < 4.78 is 6.99. The van der Waals surface area contributed by atoms with Crippen LogP contribution in [0.2, 0.25) is 0 Å². The van der Waals surface area contributed by atoms with Gasteiger partial charge in [-0.15, -0.1) is 0 Å². The predicted octanol–water partition coefficient (Wildman–Crippen LogP) is 0.759. The number of hydrogen-bond acceptors (Lipinski definition) is 4. The molecule has 2 aromatic rings. The molecule has 2 rings (SSSR count). The van der Waals surface area contributed by atoms with Crippen molar-refractivity contribution in [2.75, 3.05) is 6.61 Å². The number of carboxylic acid groups (broad SMARTS) is 1. The zero-order valence-corrected chi connectivity index (χ0v) is 10.5. The highest BCUT2D eigenvalue weighted by atomic mass is 16.5. The number of aromatic nitrogens is 2. The number of rotatable bonds is 6. The highest BCUT2D eigenvalue weighted by Crippen LogP contribution is 2.12. The molecule has 0 aliphatic rings. The number of carbonyl (C=O) groups excluding carboxylic acids is 1. The molecule has 0 atom stereocenters. The normalized spacial score (nSPS) is 10.2. The molecule has 0 saturated carbocycles. The zero-order chi connectivity index (χ0) is 14.5. The van der Waals surface area contributed by atoms with Crippen molar-refractivity contribution in [2.24, 2.45) is 5.73 Å². The number of carboxylic acids is 1. The van der Waals surface area contributed by atoms with Crippen molar-refractivity contribution < 1.29 is 19.4 Å². The van der Waals surface area contributed by atoms with E-state index in [0.717, 1.165) is 0 Å². The molecule has 0 fully saturated rings. The van der Waals surface area contributed by atoms with Crippen molar-refractivity contribution in [3.8, 4) is 5.75 Å². The Morgan fingerprint density at radius 2 is 1.95 bits per heavy atom. The summed E-state index contributed by atoms with van der Waals surface area (Å²) in [4.78, 5) is 21.6. The fraction of sp³-hybridized carbons (Fsp3) is 0.154. The zero-order valence-electron chi connectivity index (χ0n) is 10.5. The monoisotopic (exact) mass is 275 g/mol. The molecule has 7 heteroatoms. The topological polar surface area (TPSA) is 107 Å². The van der Waals surface area contributed by atoms with Gasteiger partial charge in [-0.25, -0.2) is 4.79 Å². The third-order valence-corrected chi connectivity index (χ3v) is 2.61. The second-order valence-corrected chi connectivity index (χ2v) is 4.03. The number of aromatic carboxylic acids is 1. The Labute approximate surface area is 114 Å². The van der Waals surface area contributed by atoms with Gasteiger partial charge in [0.15, 0.2) is 0 Å². The van der Waals surface area contributed by atoms with E-state index in [1.165, 1.54) is 18.3 Å². The van der Waals surface area contributed by atoms with Crippen LogP contribution in [0.5, 0.6) is 5.75 Å². The average molecular weight is 275 g/mol. The Kier molecular flexibility index (Phi) is 3.99. The maximum absolute atomic E-state index is 10.9. The molecule has 0 unspecified atom stereocenters. The van der Waals surface area contributed by atoms with Crippen LogP contribution in [-0.2, 0) is 6.54 Å². The lowest BCUT2D eigenvalue weighted by molar-refractivity contribution is 0.0696. The number of amides is 1. The predicted molar refractivity (Wildman–Crippen MR) is 69.6 cm³/mol. The van der Waals surface area contributed by atoms with Crippen LogP contribution in [0.4, 0.5) is 0 Å². The van der Waals surface area contributed by atoms with E-state index in [0.29, 0.717) is 24.5 Å². The van der Waals surface area contributed by atoms with Crippen LogP contribution in [0.25, 0.3) is 0 Å². The molecule has 1 heterocycles. The van der Waals surface area contributed by atoms with E-state index in [4.69, 9.17) is 15.6 Å². The highest BCUT2D eigenvalue weighted by Gasteiger charge is 2.04. The molecule has 0 radical (unpaired) electrons. The van der Waals surface area contributed by atoms with Crippen LogP contribution in [0, 0.1) is 0 Å². The van der Waals surface area contributed by atoms with Gasteiger partial charge < -0.3 is 15.6 Å². The molecule has 1 aromatic heterocycles. The molecule has 20 heavy (non-hydrogen) atoms. The smallest absolute Gasteiger partial charge is 0.335 e. The maximum Gasteiger partial charge on any atom is 0.335 e. The minimum absolute atomic E-state index is 0.204. The third kappa shape index (κ3) is 3.35. The van der Waals surface area contributed by atoms with Gasteiger partial charge in [-0.3, -0.25) is 9.48 Å². The fourth-order valence-electron chi connectivity index (χ4n) is 1.56. The Balaban J connectivity index is 1.85. The molecule has 0 aliphatic heterocycles.